The van der Waals surface area contributed by atoms with Crippen molar-refractivity contribution in [1.29, 1.82) is 0 Å². The minimum absolute atomic E-state index is 0.176. The van der Waals surface area contributed by atoms with Gasteiger partial charge in [0.2, 0.25) is 5.91 Å². The third-order valence-electron chi connectivity index (χ3n) is 0.814. The second-order valence-electron chi connectivity index (χ2n) is 2.28. The standard InChI is InChI=1S/C4H6O2.C3H8N2O/c1-3(2)4(5)6;1-2(4)3(5)6/h1H2,2H3,(H,5,6);2H,4H2,1H3,(H2,5,6). The van der Waals surface area contributed by atoms with Gasteiger partial charge in [0, 0.05) is 5.57 Å². The molecule has 5 heteroatoms. The molecule has 1 unspecified atom stereocenters. The number of nitrogens with two attached hydrogens (primary N) is 2. The summed E-state index contributed by atoms with van der Waals surface area (Å²) >= 11 is 0. The van der Waals surface area contributed by atoms with Crippen LogP contribution in [0.3, 0.4) is 0 Å². The largest absolute Gasteiger partial charge is 0.478 e. The lowest BCUT2D eigenvalue weighted by Gasteiger charge is -1.91. The van der Waals surface area contributed by atoms with Gasteiger partial charge in [-0.2, -0.15) is 0 Å². The van der Waals surface area contributed by atoms with E-state index in [1.165, 1.54) is 6.92 Å². The fourth-order valence-corrected chi connectivity index (χ4v) is 0. The van der Waals surface area contributed by atoms with Gasteiger partial charge in [-0.1, -0.05) is 6.58 Å². The first-order chi connectivity index (χ1) is 5.29. The molecule has 5 N–H and O–H groups in total. The van der Waals surface area contributed by atoms with E-state index in [4.69, 9.17) is 10.8 Å². The Morgan fingerprint density at radius 1 is 1.50 bits per heavy atom. The van der Waals surface area contributed by atoms with Gasteiger partial charge < -0.3 is 16.6 Å². The Morgan fingerprint density at radius 2 is 1.67 bits per heavy atom. The van der Waals surface area contributed by atoms with E-state index in [9.17, 15) is 9.59 Å². The average molecular weight is 174 g/mol. The van der Waals surface area contributed by atoms with Crippen molar-refractivity contribution in [2.45, 2.75) is 19.9 Å². The highest BCUT2D eigenvalue weighted by molar-refractivity contribution is 5.84. The molecular weight excluding hydrogens is 160 g/mol. The Bertz CT molecular complexity index is 175. The minimum atomic E-state index is -0.935. The number of carbonyl (C=O) groups is 2. The van der Waals surface area contributed by atoms with Crippen molar-refractivity contribution in [2.24, 2.45) is 11.5 Å². The van der Waals surface area contributed by atoms with Crippen molar-refractivity contribution in [1.82, 2.24) is 0 Å². The lowest BCUT2D eigenvalue weighted by atomic mass is 10.4. The topological polar surface area (TPSA) is 106 Å². The van der Waals surface area contributed by atoms with Crippen LogP contribution in [0.1, 0.15) is 13.8 Å². The number of primary amides is 1. The molecule has 1 atom stereocenters. The molecule has 0 aromatic heterocycles. The van der Waals surface area contributed by atoms with E-state index in [0.29, 0.717) is 0 Å². The summed E-state index contributed by atoms with van der Waals surface area (Å²) in [5, 5.41) is 7.89. The van der Waals surface area contributed by atoms with Crippen LogP contribution in [-0.2, 0) is 9.59 Å². The van der Waals surface area contributed by atoms with E-state index >= 15 is 0 Å². The predicted octanol–water partition coefficient (Wildman–Crippen LogP) is -0.534. The highest BCUT2D eigenvalue weighted by Gasteiger charge is 1.96. The SMILES string of the molecule is C=C(C)C(=O)O.CC(N)C(N)=O. The summed E-state index contributed by atoms with van der Waals surface area (Å²) < 4.78 is 0. The zero-order chi connectivity index (χ0) is 10.3. The van der Waals surface area contributed by atoms with Crippen molar-refractivity contribution < 1.29 is 14.7 Å². The Balaban J connectivity index is 0. The van der Waals surface area contributed by atoms with E-state index in [2.05, 4.69) is 12.3 Å². The van der Waals surface area contributed by atoms with E-state index in [0.717, 1.165) is 0 Å². The Morgan fingerprint density at radius 3 is 1.67 bits per heavy atom. The van der Waals surface area contributed by atoms with Crippen LogP contribution >= 0.6 is 0 Å². The molecule has 12 heavy (non-hydrogen) atoms. The van der Waals surface area contributed by atoms with Crippen LogP contribution in [0.5, 0.6) is 0 Å². The summed E-state index contributed by atoms with van der Waals surface area (Å²) in [6.07, 6.45) is 0. The molecule has 0 heterocycles. The summed E-state index contributed by atoms with van der Waals surface area (Å²) in [5.74, 6) is -1.40. The van der Waals surface area contributed by atoms with Gasteiger partial charge in [-0.3, -0.25) is 4.79 Å². The van der Waals surface area contributed by atoms with Gasteiger partial charge in [0.1, 0.15) is 0 Å². The summed E-state index contributed by atoms with van der Waals surface area (Å²) in [6, 6.07) is -0.509. The molecular formula is C7H14N2O3. The van der Waals surface area contributed by atoms with Gasteiger partial charge in [0.05, 0.1) is 6.04 Å². The minimum Gasteiger partial charge on any atom is -0.478 e. The van der Waals surface area contributed by atoms with Gasteiger partial charge in [0.15, 0.2) is 0 Å². The van der Waals surface area contributed by atoms with Gasteiger partial charge in [-0.05, 0) is 13.8 Å². The molecule has 0 bridgehead atoms. The maximum atomic E-state index is 9.80. The Hall–Kier alpha value is -1.36. The quantitative estimate of drug-likeness (QED) is 0.489. The molecule has 0 spiro atoms. The molecule has 0 rings (SSSR count). The maximum Gasteiger partial charge on any atom is 0.330 e. The van der Waals surface area contributed by atoms with Crippen LogP contribution in [0, 0.1) is 0 Å². The monoisotopic (exact) mass is 174 g/mol. The average Bonchev–Trinajstić information content (AvgIpc) is 1.88. The second kappa shape index (κ2) is 6.36. The Labute approximate surface area is 71.0 Å². The van der Waals surface area contributed by atoms with E-state index < -0.39 is 17.9 Å². The Kier molecular flexibility index (Phi) is 7.02. The fraction of sp³-hybridized carbons (Fsp3) is 0.429. The maximum absolute atomic E-state index is 9.80. The highest BCUT2D eigenvalue weighted by Crippen LogP contribution is 1.81. The molecule has 0 aromatic rings. The first-order valence-corrected chi connectivity index (χ1v) is 3.22. The molecule has 0 aromatic carbocycles. The lowest BCUT2D eigenvalue weighted by molar-refractivity contribution is -0.132. The van der Waals surface area contributed by atoms with Gasteiger partial charge in [0.25, 0.3) is 0 Å². The first-order valence-electron chi connectivity index (χ1n) is 3.22. The summed E-state index contributed by atoms with van der Waals surface area (Å²) in [7, 11) is 0. The van der Waals surface area contributed by atoms with Crippen LogP contribution in [-0.4, -0.2) is 23.0 Å². The number of amides is 1. The smallest absolute Gasteiger partial charge is 0.330 e. The lowest BCUT2D eigenvalue weighted by Crippen LogP contribution is -2.32. The normalized spacial score (nSPS) is 10.6. The van der Waals surface area contributed by atoms with E-state index in [-0.39, 0.29) is 5.57 Å². The summed E-state index contributed by atoms with van der Waals surface area (Å²) in [5.41, 5.74) is 9.81. The van der Waals surface area contributed by atoms with Crippen molar-refractivity contribution in [3.8, 4) is 0 Å². The molecule has 0 radical (unpaired) electrons. The number of aliphatic carboxylic acids is 1. The molecule has 0 aliphatic carbocycles. The molecule has 5 nitrogen and oxygen atoms in total. The molecule has 0 saturated heterocycles. The number of rotatable bonds is 2. The van der Waals surface area contributed by atoms with Crippen molar-refractivity contribution in [3.05, 3.63) is 12.2 Å². The van der Waals surface area contributed by atoms with E-state index in [1.807, 2.05) is 0 Å². The zero-order valence-corrected chi connectivity index (χ0v) is 7.20. The second-order valence-corrected chi connectivity index (χ2v) is 2.28. The third-order valence-corrected chi connectivity index (χ3v) is 0.814. The van der Waals surface area contributed by atoms with Gasteiger partial charge in [-0.25, -0.2) is 4.79 Å². The molecule has 1 amide bonds. The highest BCUT2D eigenvalue weighted by atomic mass is 16.4. The van der Waals surface area contributed by atoms with Crippen molar-refractivity contribution in [3.63, 3.8) is 0 Å². The zero-order valence-electron chi connectivity index (χ0n) is 7.20. The molecule has 0 aliphatic rings. The van der Waals surface area contributed by atoms with Crippen molar-refractivity contribution in [2.75, 3.05) is 0 Å². The number of carboxylic acids is 1. The first kappa shape index (κ1) is 13.2. The van der Waals surface area contributed by atoms with E-state index in [1.54, 1.807) is 6.92 Å². The molecule has 0 saturated carbocycles. The fourth-order valence-electron chi connectivity index (χ4n) is 0. The molecule has 0 aliphatic heterocycles. The summed E-state index contributed by atoms with van der Waals surface area (Å²) in [4.78, 5) is 19.4. The number of hydrogen-bond donors (Lipinski definition) is 3. The number of hydrogen-bond acceptors (Lipinski definition) is 3. The van der Waals surface area contributed by atoms with Gasteiger partial charge >= 0.3 is 5.97 Å². The number of carboxylic acid groups (broad SMARTS) is 1. The van der Waals surface area contributed by atoms with Crippen LogP contribution in [0.2, 0.25) is 0 Å². The third kappa shape index (κ3) is 11.4. The molecule has 0 fully saturated rings. The van der Waals surface area contributed by atoms with Crippen molar-refractivity contribution >= 4 is 11.9 Å². The van der Waals surface area contributed by atoms with Crippen LogP contribution in [0.25, 0.3) is 0 Å². The van der Waals surface area contributed by atoms with Crippen LogP contribution in [0.4, 0.5) is 0 Å². The summed E-state index contributed by atoms with van der Waals surface area (Å²) in [6.45, 7) is 6.15. The van der Waals surface area contributed by atoms with Crippen LogP contribution in [0.15, 0.2) is 12.2 Å². The van der Waals surface area contributed by atoms with Crippen LogP contribution < -0.4 is 11.5 Å². The molecule has 70 valence electrons. The number of carbonyl (C=O) groups excluding carboxylic acids is 1. The van der Waals surface area contributed by atoms with Gasteiger partial charge in [-0.15, -0.1) is 0 Å². The predicted molar refractivity (Wildman–Crippen MR) is 45.3 cm³/mol.